The summed E-state index contributed by atoms with van der Waals surface area (Å²) in [6.07, 6.45) is 4.59. The van der Waals surface area contributed by atoms with Gasteiger partial charge in [-0.2, -0.15) is 5.10 Å². The number of amides is 2. The van der Waals surface area contributed by atoms with E-state index in [0.29, 0.717) is 25.2 Å². The minimum atomic E-state index is -0.469. The fourth-order valence-electron chi connectivity index (χ4n) is 3.34. The Hall–Kier alpha value is -3.09. The lowest BCUT2D eigenvalue weighted by molar-refractivity contribution is -0.133. The molecule has 2 aromatic heterocycles. The van der Waals surface area contributed by atoms with Crippen molar-refractivity contribution in [1.29, 1.82) is 0 Å². The smallest absolute Gasteiger partial charge is 0.248 e. The number of hydrogen-bond acceptors (Lipinski definition) is 3. The van der Waals surface area contributed by atoms with Crippen molar-refractivity contribution in [1.82, 2.24) is 19.7 Å². The molecule has 0 aliphatic carbocycles. The number of hydrogen-bond donors (Lipinski definition) is 2. The Morgan fingerprint density at radius 1 is 1.36 bits per heavy atom. The quantitative estimate of drug-likeness (QED) is 0.764. The second-order valence-electron chi connectivity index (χ2n) is 6.30. The van der Waals surface area contributed by atoms with E-state index in [1.807, 2.05) is 30.5 Å². The van der Waals surface area contributed by atoms with Gasteiger partial charge in [0.05, 0.1) is 0 Å². The minimum Gasteiger partial charge on any atom is -0.361 e. The van der Waals surface area contributed by atoms with Gasteiger partial charge in [-0.25, -0.2) is 0 Å². The molecule has 128 valence electrons. The molecule has 0 unspecified atom stereocenters. The molecular formula is C18H19N5O2. The number of fused-ring (bicyclic) bond motifs is 1. The molecule has 1 aliphatic rings. The number of rotatable bonds is 4. The van der Waals surface area contributed by atoms with Crippen LogP contribution in [-0.4, -0.2) is 37.5 Å². The highest BCUT2D eigenvalue weighted by Crippen LogP contribution is 2.26. The van der Waals surface area contributed by atoms with E-state index in [1.54, 1.807) is 28.9 Å². The Balaban J connectivity index is 1.54. The van der Waals surface area contributed by atoms with Crippen molar-refractivity contribution in [3.63, 3.8) is 0 Å². The molecule has 0 bridgehead atoms. The maximum atomic E-state index is 12.6. The van der Waals surface area contributed by atoms with Gasteiger partial charge in [-0.05, 0) is 18.1 Å². The highest BCUT2D eigenvalue weighted by atomic mass is 16.2. The number of nitrogens with zero attached hydrogens (tertiary/aromatic N) is 3. The third-order valence-electron chi connectivity index (χ3n) is 4.61. The zero-order valence-electron chi connectivity index (χ0n) is 13.9. The van der Waals surface area contributed by atoms with E-state index in [4.69, 9.17) is 0 Å². The summed E-state index contributed by atoms with van der Waals surface area (Å²) in [5.74, 6) is 0.315. The fourth-order valence-corrected chi connectivity index (χ4v) is 3.34. The zero-order chi connectivity index (χ0) is 17.4. The Morgan fingerprint density at radius 2 is 2.20 bits per heavy atom. The van der Waals surface area contributed by atoms with Crippen molar-refractivity contribution < 1.29 is 9.59 Å². The first-order valence-corrected chi connectivity index (χ1v) is 8.27. The first-order chi connectivity index (χ1) is 12.1. The number of benzene rings is 1. The van der Waals surface area contributed by atoms with Crippen molar-refractivity contribution in [3.05, 3.63) is 48.3 Å². The van der Waals surface area contributed by atoms with Crippen LogP contribution in [0.3, 0.4) is 0 Å². The molecule has 7 heteroatoms. The molecule has 3 heterocycles. The lowest BCUT2D eigenvalue weighted by atomic mass is 10.1. The molecule has 3 aromatic rings. The maximum Gasteiger partial charge on any atom is 0.248 e. The van der Waals surface area contributed by atoms with Gasteiger partial charge in [-0.3, -0.25) is 14.3 Å². The number of para-hydroxylation sites is 1. The molecule has 2 N–H and O–H groups in total. The number of nitrogens with one attached hydrogen (secondary N) is 2. The number of aromatic nitrogens is 3. The predicted octanol–water partition coefficient (Wildman–Crippen LogP) is 2.03. The van der Waals surface area contributed by atoms with E-state index in [0.717, 1.165) is 16.5 Å². The lowest BCUT2D eigenvalue weighted by Gasteiger charge is -2.23. The van der Waals surface area contributed by atoms with Gasteiger partial charge in [-0.1, -0.05) is 18.2 Å². The van der Waals surface area contributed by atoms with Crippen molar-refractivity contribution in [2.75, 3.05) is 5.32 Å². The van der Waals surface area contributed by atoms with Crippen LogP contribution in [0.15, 0.2) is 42.7 Å². The Labute approximate surface area is 144 Å². The molecule has 2 amide bonds. The van der Waals surface area contributed by atoms with Gasteiger partial charge in [0.25, 0.3) is 0 Å². The summed E-state index contributed by atoms with van der Waals surface area (Å²) in [4.78, 5) is 29.8. The zero-order valence-corrected chi connectivity index (χ0v) is 13.9. The minimum absolute atomic E-state index is 0.00597. The molecule has 4 rings (SSSR count). The third-order valence-corrected chi connectivity index (χ3v) is 4.61. The van der Waals surface area contributed by atoms with Gasteiger partial charge in [0.1, 0.15) is 6.04 Å². The van der Waals surface area contributed by atoms with E-state index < -0.39 is 6.04 Å². The van der Waals surface area contributed by atoms with Crippen molar-refractivity contribution in [3.8, 4) is 0 Å². The molecule has 25 heavy (non-hydrogen) atoms. The molecule has 1 aromatic carbocycles. The van der Waals surface area contributed by atoms with Crippen LogP contribution in [0, 0.1) is 0 Å². The van der Waals surface area contributed by atoms with E-state index in [9.17, 15) is 9.59 Å². The highest BCUT2D eigenvalue weighted by Gasteiger charge is 2.36. The standard InChI is InChI=1S/C18H19N5O2/c1-22-9-8-16(21-22)20-18(25)15-6-7-17(24)23(15)11-12-10-19-14-5-3-2-4-13(12)14/h2-5,8-10,15,19H,6-7,11H2,1H3,(H,20,21,25)/t15-/m0/s1. The van der Waals surface area contributed by atoms with Gasteiger partial charge in [0.15, 0.2) is 5.82 Å². The number of likely N-dealkylation sites (tertiary alicyclic amines) is 1. The van der Waals surface area contributed by atoms with Crippen LogP contribution < -0.4 is 5.32 Å². The Bertz CT molecular complexity index is 942. The van der Waals surface area contributed by atoms with Gasteiger partial charge in [0, 0.05) is 49.4 Å². The van der Waals surface area contributed by atoms with Gasteiger partial charge in [0.2, 0.25) is 11.8 Å². The normalized spacial score (nSPS) is 17.4. The van der Waals surface area contributed by atoms with Crippen LogP contribution in [0.1, 0.15) is 18.4 Å². The fraction of sp³-hybridized carbons (Fsp3) is 0.278. The van der Waals surface area contributed by atoms with Crippen LogP contribution >= 0.6 is 0 Å². The highest BCUT2D eigenvalue weighted by molar-refractivity contribution is 5.98. The first-order valence-electron chi connectivity index (χ1n) is 8.27. The number of anilines is 1. The van der Waals surface area contributed by atoms with Crippen molar-refractivity contribution in [2.45, 2.75) is 25.4 Å². The Kier molecular flexibility index (Phi) is 3.76. The molecule has 0 radical (unpaired) electrons. The van der Waals surface area contributed by atoms with Crippen LogP contribution in [0.5, 0.6) is 0 Å². The van der Waals surface area contributed by atoms with Crippen LogP contribution in [-0.2, 0) is 23.2 Å². The van der Waals surface area contributed by atoms with E-state index in [2.05, 4.69) is 15.4 Å². The topological polar surface area (TPSA) is 83.0 Å². The van der Waals surface area contributed by atoms with Crippen molar-refractivity contribution in [2.24, 2.45) is 7.05 Å². The number of aromatic amines is 1. The van der Waals surface area contributed by atoms with Crippen LogP contribution in [0.25, 0.3) is 10.9 Å². The van der Waals surface area contributed by atoms with E-state index in [-0.39, 0.29) is 11.8 Å². The number of aryl methyl sites for hydroxylation is 1. The van der Waals surface area contributed by atoms with Crippen LogP contribution in [0.2, 0.25) is 0 Å². The molecule has 1 atom stereocenters. The summed E-state index contributed by atoms with van der Waals surface area (Å²) >= 11 is 0. The summed E-state index contributed by atoms with van der Waals surface area (Å²) in [5.41, 5.74) is 2.04. The summed E-state index contributed by atoms with van der Waals surface area (Å²) < 4.78 is 1.62. The molecular weight excluding hydrogens is 318 g/mol. The molecule has 1 aliphatic heterocycles. The second kappa shape index (κ2) is 6.08. The molecule has 1 saturated heterocycles. The second-order valence-corrected chi connectivity index (χ2v) is 6.30. The average Bonchev–Trinajstić information content (AvgIpc) is 3.29. The number of carbonyl (C=O) groups is 2. The third kappa shape index (κ3) is 2.88. The summed E-state index contributed by atoms with van der Waals surface area (Å²) in [6.45, 7) is 0.420. The summed E-state index contributed by atoms with van der Waals surface area (Å²) in [7, 11) is 1.79. The molecule has 7 nitrogen and oxygen atoms in total. The van der Waals surface area contributed by atoms with Crippen LogP contribution in [0.4, 0.5) is 5.82 Å². The largest absolute Gasteiger partial charge is 0.361 e. The molecule has 0 saturated carbocycles. The molecule has 1 fully saturated rings. The maximum absolute atomic E-state index is 12.6. The molecule has 0 spiro atoms. The lowest BCUT2D eigenvalue weighted by Crippen LogP contribution is -2.41. The number of carbonyl (C=O) groups excluding carboxylic acids is 2. The summed E-state index contributed by atoms with van der Waals surface area (Å²) in [5, 5.41) is 8.03. The van der Waals surface area contributed by atoms with Gasteiger partial charge in [-0.15, -0.1) is 0 Å². The van der Waals surface area contributed by atoms with Crippen molar-refractivity contribution >= 4 is 28.5 Å². The SMILES string of the molecule is Cn1ccc(NC(=O)[C@@H]2CCC(=O)N2Cc2c[nH]c3ccccc23)n1. The van der Waals surface area contributed by atoms with Gasteiger partial charge < -0.3 is 15.2 Å². The van der Waals surface area contributed by atoms with E-state index >= 15 is 0 Å². The number of H-pyrrole nitrogens is 1. The predicted molar refractivity (Wildman–Crippen MR) is 93.7 cm³/mol. The van der Waals surface area contributed by atoms with Gasteiger partial charge >= 0.3 is 0 Å². The Morgan fingerprint density at radius 3 is 3.00 bits per heavy atom. The summed E-state index contributed by atoms with van der Waals surface area (Å²) in [6, 6.07) is 9.21. The first kappa shape index (κ1) is 15.4. The monoisotopic (exact) mass is 337 g/mol. The van der Waals surface area contributed by atoms with E-state index in [1.165, 1.54) is 0 Å². The average molecular weight is 337 g/mol.